The first-order valence-electron chi connectivity index (χ1n) is 7.91. The van der Waals surface area contributed by atoms with E-state index in [0.717, 1.165) is 21.7 Å². The van der Waals surface area contributed by atoms with Gasteiger partial charge < -0.3 is 4.74 Å². The number of hydrogen-bond donors (Lipinski definition) is 1. The third-order valence-electron chi connectivity index (χ3n) is 3.85. The van der Waals surface area contributed by atoms with Crippen molar-refractivity contribution in [1.29, 1.82) is 0 Å². The lowest BCUT2D eigenvalue weighted by atomic mass is 10.1. The van der Waals surface area contributed by atoms with Crippen LogP contribution in [0.3, 0.4) is 0 Å². The van der Waals surface area contributed by atoms with Gasteiger partial charge in [0, 0.05) is 17.8 Å². The molecule has 0 fully saturated rings. The van der Waals surface area contributed by atoms with Crippen LogP contribution in [0, 0.1) is 20.8 Å². The van der Waals surface area contributed by atoms with Gasteiger partial charge in [0.15, 0.2) is 0 Å². The molecular weight excluding hydrogens is 360 g/mol. The predicted octanol–water partition coefficient (Wildman–Crippen LogP) is 2.52. The van der Waals surface area contributed by atoms with Gasteiger partial charge in [-0.2, -0.15) is 0 Å². The molecule has 0 unspecified atom stereocenters. The van der Waals surface area contributed by atoms with E-state index in [4.69, 9.17) is 4.74 Å². The van der Waals surface area contributed by atoms with Crippen LogP contribution in [0.4, 0.5) is 0 Å². The summed E-state index contributed by atoms with van der Waals surface area (Å²) >= 11 is 1.53. The molecule has 0 saturated carbocycles. The van der Waals surface area contributed by atoms with Gasteiger partial charge in [0.1, 0.15) is 0 Å². The van der Waals surface area contributed by atoms with Crippen molar-refractivity contribution in [2.75, 3.05) is 13.2 Å². The molecule has 1 aromatic heterocycles. The quantitative estimate of drug-likeness (QED) is 0.709. The molecule has 0 bridgehead atoms. The lowest BCUT2D eigenvalue weighted by molar-refractivity contribution is -0.143. The summed E-state index contributed by atoms with van der Waals surface area (Å²) in [6, 6.07) is 4.94. The molecule has 6 nitrogen and oxygen atoms in total. The first kappa shape index (κ1) is 19.6. The van der Waals surface area contributed by atoms with Crippen LogP contribution in [0.15, 0.2) is 28.6 Å². The highest BCUT2D eigenvalue weighted by Gasteiger charge is 2.15. The van der Waals surface area contributed by atoms with Gasteiger partial charge in [0.25, 0.3) is 0 Å². The van der Waals surface area contributed by atoms with Crippen molar-refractivity contribution >= 4 is 27.3 Å². The lowest BCUT2D eigenvalue weighted by Gasteiger charge is -2.09. The normalized spacial score (nSPS) is 11.5. The highest BCUT2D eigenvalue weighted by molar-refractivity contribution is 7.89. The van der Waals surface area contributed by atoms with Crippen LogP contribution in [0.5, 0.6) is 0 Å². The minimum Gasteiger partial charge on any atom is -0.465 e. The van der Waals surface area contributed by atoms with Crippen LogP contribution in [0.1, 0.15) is 28.1 Å². The number of nitrogens with zero attached hydrogens (tertiary/aromatic N) is 1. The summed E-state index contributed by atoms with van der Waals surface area (Å²) in [7, 11) is -3.62. The van der Waals surface area contributed by atoms with Crippen LogP contribution < -0.4 is 4.72 Å². The van der Waals surface area contributed by atoms with Crippen molar-refractivity contribution in [2.45, 2.75) is 38.5 Å². The first-order chi connectivity index (χ1) is 11.8. The van der Waals surface area contributed by atoms with Gasteiger partial charge in [-0.3, -0.25) is 4.79 Å². The fourth-order valence-corrected chi connectivity index (χ4v) is 4.03. The number of aromatic nitrogens is 1. The van der Waals surface area contributed by atoms with E-state index in [9.17, 15) is 13.2 Å². The Bertz CT molecular complexity index is 844. The Balaban J connectivity index is 1.76. The van der Waals surface area contributed by atoms with Crippen molar-refractivity contribution in [3.8, 4) is 0 Å². The van der Waals surface area contributed by atoms with E-state index in [-0.39, 0.29) is 24.5 Å². The number of hydrogen-bond acceptors (Lipinski definition) is 6. The van der Waals surface area contributed by atoms with Gasteiger partial charge in [-0.05, 0) is 44.0 Å². The molecule has 0 spiro atoms. The fourth-order valence-electron chi connectivity index (χ4n) is 2.15. The highest BCUT2D eigenvalue weighted by Crippen LogP contribution is 2.15. The van der Waals surface area contributed by atoms with E-state index in [2.05, 4.69) is 9.71 Å². The predicted molar refractivity (Wildman–Crippen MR) is 97.2 cm³/mol. The van der Waals surface area contributed by atoms with Crippen molar-refractivity contribution in [1.82, 2.24) is 9.71 Å². The molecule has 0 aliphatic carbocycles. The Hall–Kier alpha value is -1.77. The molecule has 0 amide bonds. The molecule has 0 aliphatic heterocycles. The van der Waals surface area contributed by atoms with Crippen LogP contribution in [0.25, 0.3) is 0 Å². The van der Waals surface area contributed by atoms with E-state index < -0.39 is 16.0 Å². The smallest absolute Gasteiger partial charge is 0.307 e. The van der Waals surface area contributed by atoms with Crippen LogP contribution >= 0.6 is 11.3 Å². The zero-order valence-electron chi connectivity index (χ0n) is 14.5. The van der Waals surface area contributed by atoms with Gasteiger partial charge >= 0.3 is 5.97 Å². The van der Waals surface area contributed by atoms with E-state index in [0.29, 0.717) is 6.42 Å². The summed E-state index contributed by atoms with van der Waals surface area (Å²) in [4.78, 5) is 17.1. The van der Waals surface area contributed by atoms with Crippen LogP contribution in [0.2, 0.25) is 0 Å². The minimum atomic E-state index is -3.62. The maximum absolute atomic E-state index is 12.2. The maximum atomic E-state index is 12.2. The summed E-state index contributed by atoms with van der Waals surface area (Å²) in [5.41, 5.74) is 4.63. The zero-order valence-corrected chi connectivity index (χ0v) is 16.2. The van der Waals surface area contributed by atoms with Crippen molar-refractivity contribution in [3.63, 3.8) is 0 Å². The molecule has 0 atom stereocenters. The number of aryl methyl sites for hydroxylation is 3. The number of ether oxygens (including phenoxy) is 1. The van der Waals surface area contributed by atoms with E-state index in [1.165, 1.54) is 11.3 Å². The molecule has 0 radical (unpaired) electrons. The summed E-state index contributed by atoms with van der Waals surface area (Å²) in [6.45, 7) is 5.97. The number of carbonyl (C=O) groups is 1. The zero-order chi connectivity index (χ0) is 18.4. The maximum Gasteiger partial charge on any atom is 0.307 e. The molecule has 25 heavy (non-hydrogen) atoms. The Kier molecular flexibility index (Phi) is 6.69. The van der Waals surface area contributed by atoms with Crippen molar-refractivity contribution in [2.24, 2.45) is 0 Å². The monoisotopic (exact) mass is 382 g/mol. The second kappa shape index (κ2) is 8.55. The average molecular weight is 383 g/mol. The number of benzene rings is 1. The second-order valence-electron chi connectivity index (χ2n) is 5.73. The molecule has 2 aromatic rings. The average Bonchev–Trinajstić information content (AvgIpc) is 2.95. The molecule has 0 saturated heterocycles. The Labute approximate surface area is 152 Å². The number of rotatable bonds is 8. The third kappa shape index (κ3) is 5.62. The standard InChI is InChI=1S/C17H22N2O4S2/c1-12-4-5-15(10-13(12)2)25(21,22)19-8-6-17(20)23-9-7-16-14(3)18-11-24-16/h4-5,10-11,19H,6-9H2,1-3H3. The summed E-state index contributed by atoms with van der Waals surface area (Å²) < 4.78 is 32.0. The molecule has 8 heteroatoms. The Morgan fingerprint density at radius 1 is 1.24 bits per heavy atom. The first-order valence-corrected chi connectivity index (χ1v) is 10.3. The van der Waals surface area contributed by atoms with Crippen molar-refractivity contribution < 1.29 is 17.9 Å². The molecule has 2 rings (SSSR count). The fraction of sp³-hybridized carbons (Fsp3) is 0.412. The molecule has 136 valence electrons. The Morgan fingerprint density at radius 3 is 2.64 bits per heavy atom. The lowest BCUT2D eigenvalue weighted by Crippen LogP contribution is -2.27. The highest BCUT2D eigenvalue weighted by atomic mass is 32.2. The summed E-state index contributed by atoms with van der Waals surface area (Å²) in [5.74, 6) is -0.426. The van der Waals surface area contributed by atoms with Gasteiger partial charge in [-0.15, -0.1) is 11.3 Å². The molecule has 1 heterocycles. The number of thiazole rings is 1. The number of nitrogens with one attached hydrogen (secondary N) is 1. The summed E-state index contributed by atoms with van der Waals surface area (Å²) in [5, 5.41) is 0. The minimum absolute atomic E-state index is 0.00762. The number of carbonyl (C=O) groups excluding carboxylic acids is 1. The van der Waals surface area contributed by atoms with Gasteiger partial charge in [-0.25, -0.2) is 18.1 Å². The molecular formula is C17H22N2O4S2. The van der Waals surface area contributed by atoms with Crippen molar-refractivity contribution in [3.05, 3.63) is 45.4 Å². The SMILES string of the molecule is Cc1ccc(S(=O)(=O)NCCC(=O)OCCc2scnc2C)cc1C. The number of sulfonamides is 1. The van der Waals surface area contributed by atoms with Crippen LogP contribution in [-0.4, -0.2) is 32.5 Å². The molecule has 1 aromatic carbocycles. The van der Waals surface area contributed by atoms with Gasteiger partial charge in [0.05, 0.1) is 29.1 Å². The largest absolute Gasteiger partial charge is 0.465 e. The van der Waals surface area contributed by atoms with E-state index in [1.807, 2.05) is 20.8 Å². The molecule has 0 aliphatic rings. The summed E-state index contributed by atoms with van der Waals surface area (Å²) in [6.07, 6.45) is 0.613. The van der Waals surface area contributed by atoms with E-state index in [1.54, 1.807) is 23.7 Å². The number of esters is 1. The third-order valence-corrected chi connectivity index (χ3v) is 6.30. The van der Waals surface area contributed by atoms with E-state index >= 15 is 0 Å². The van der Waals surface area contributed by atoms with Crippen LogP contribution in [-0.2, 0) is 26.0 Å². The Morgan fingerprint density at radius 2 is 2.00 bits per heavy atom. The second-order valence-corrected chi connectivity index (χ2v) is 8.43. The topological polar surface area (TPSA) is 85.4 Å². The van der Waals surface area contributed by atoms with Gasteiger partial charge in [0.2, 0.25) is 10.0 Å². The molecule has 1 N–H and O–H groups in total. The van der Waals surface area contributed by atoms with Gasteiger partial charge in [-0.1, -0.05) is 6.07 Å².